The molecule has 0 aliphatic heterocycles. The van der Waals surface area contributed by atoms with E-state index in [0.29, 0.717) is 51.4 Å². The highest BCUT2D eigenvalue weighted by atomic mass is 19.3. The van der Waals surface area contributed by atoms with E-state index in [-0.39, 0.29) is 35.5 Å². The molecule has 370 valence electrons. The second-order valence-corrected chi connectivity index (χ2v) is 20.3. The van der Waals surface area contributed by atoms with Crippen LogP contribution in [-0.4, -0.2) is 86.3 Å². The highest BCUT2D eigenvalue weighted by Crippen LogP contribution is 2.62. The van der Waals surface area contributed by atoms with Crippen LogP contribution in [0.15, 0.2) is 0 Å². The minimum Gasteiger partial charge on any atom is -0.462 e. The number of carbonyl (C=O) groups excluding carboxylic acids is 6. The summed E-state index contributed by atoms with van der Waals surface area (Å²) in [5.74, 6) is -15.7. The summed E-state index contributed by atoms with van der Waals surface area (Å²) in [4.78, 5) is 71.8. The molecule has 12 nitrogen and oxygen atoms in total. The van der Waals surface area contributed by atoms with Crippen molar-refractivity contribution in [2.75, 3.05) is 26.4 Å². The van der Waals surface area contributed by atoms with Crippen LogP contribution in [0.3, 0.4) is 0 Å². The third-order valence-corrected chi connectivity index (χ3v) is 14.4. The summed E-state index contributed by atoms with van der Waals surface area (Å²) in [5, 5.41) is 0. The Hall–Kier alpha value is -3.74. The zero-order chi connectivity index (χ0) is 48.4. The molecule has 8 rings (SSSR count). The van der Waals surface area contributed by atoms with Gasteiger partial charge in [-0.15, -0.1) is 0 Å². The molecule has 0 aromatic carbocycles. The van der Waals surface area contributed by atoms with E-state index in [4.69, 9.17) is 9.47 Å². The molecule has 0 saturated heterocycles. The van der Waals surface area contributed by atoms with Crippen molar-refractivity contribution in [1.82, 2.24) is 0 Å². The smallest absolute Gasteiger partial charge is 0.406 e. The van der Waals surface area contributed by atoms with E-state index in [0.717, 1.165) is 38.5 Å². The van der Waals surface area contributed by atoms with Crippen molar-refractivity contribution in [2.24, 2.45) is 57.7 Å². The van der Waals surface area contributed by atoms with Gasteiger partial charge >= 0.3 is 59.9 Å². The van der Waals surface area contributed by atoms with Crippen molar-refractivity contribution >= 4 is 35.8 Å². The molecule has 0 radical (unpaired) electrons. The Morgan fingerprint density at radius 1 is 0.508 bits per heavy atom. The molecule has 0 amide bonds. The van der Waals surface area contributed by atoms with E-state index in [9.17, 15) is 63.9 Å². The SMILES string of the molecule is CCC(C)(C)C(=O)OCCOC(=O)C(F)(F)CC(F)(F)OC(=O)C12CC3CC(CC(C3)C1)C2.CCC(C)C(=O)OCCOC(=O)C(F)(F)CC(F)(F)OC(=O)C12CC3CC(CC(C3)C1)C2. The zero-order valence-electron chi connectivity index (χ0n) is 37.6. The molecule has 0 N–H and O–H groups in total. The number of halogens is 8. The molecule has 0 aromatic rings. The van der Waals surface area contributed by atoms with Gasteiger partial charge in [-0.1, -0.05) is 20.8 Å². The van der Waals surface area contributed by atoms with Crippen LogP contribution in [-0.2, 0) is 57.2 Å². The second-order valence-electron chi connectivity index (χ2n) is 20.3. The first-order valence-electron chi connectivity index (χ1n) is 22.7. The monoisotopic (exact) mass is 946 g/mol. The molecule has 1 atom stereocenters. The molecular formula is C45H62F8O12. The Morgan fingerprint density at radius 2 is 0.800 bits per heavy atom. The zero-order valence-corrected chi connectivity index (χ0v) is 37.6. The van der Waals surface area contributed by atoms with Crippen molar-refractivity contribution in [2.45, 2.75) is 161 Å². The number of alkyl halides is 8. The average Bonchev–Trinajstić information content (AvgIpc) is 3.18. The largest absolute Gasteiger partial charge is 0.462 e. The first-order valence-corrected chi connectivity index (χ1v) is 22.7. The van der Waals surface area contributed by atoms with Gasteiger partial charge in [-0.05, 0) is 139 Å². The number of carbonyl (C=O) groups is 6. The molecule has 0 spiro atoms. The standard InChI is InChI=1S/C23H32F4O6.C22H30F4O6/c1-4-20(2,3)17(28)31-5-6-32-19(30)22(24,25)13-23(26,27)33-18(29)21-10-14-7-15(11-21)9-16(8-14)12-21;1-3-13(2)17(27)30-4-5-31-19(29)21(23,24)12-22(25,26)32-18(28)20-9-14-6-15(10-20)8-16(7-14)11-20/h14-16H,4-13H2,1-3H3;13-16H,3-12H2,1-2H3. The molecule has 0 heterocycles. The lowest BCUT2D eigenvalue weighted by molar-refractivity contribution is -0.272. The van der Waals surface area contributed by atoms with E-state index in [1.54, 1.807) is 34.6 Å². The predicted octanol–water partition coefficient (Wildman–Crippen LogP) is 9.38. The van der Waals surface area contributed by atoms with Gasteiger partial charge in [0.2, 0.25) is 0 Å². The van der Waals surface area contributed by atoms with Crippen LogP contribution < -0.4 is 0 Å². The third-order valence-electron chi connectivity index (χ3n) is 14.4. The third kappa shape index (κ3) is 13.0. The van der Waals surface area contributed by atoms with E-state index in [1.807, 2.05) is 0 Å². The second kappa shape index (κ2) is 19.8. The van der Waals surface area contributed by atoms with Crippen LogP contribution in [0.2, 0.25) is 0 Å². The molecule has 0 aromatic heterocycles. The van der Waals surface area contributed by atoms with Gasteiger partial charge in [-0.2, -0.15) is 35.1 Å². The molecule has 65 heavy (non-hydrogen) atoms. The predicted molar refractivity (Wildman–Crippen MR) is 210 cm³/mol. The quantitative estimate of drug-likeness (QED) is 0.0494. The molecule has 8 aliphatic carbocycles. The molecule has 20 heteroatoms. The van der Waals surface area contributed by atoms with Crippen LogP contribution >= 0.6 is 0 Å². The maximum absolute atomic E-state index is 14.3. The van der Waals surface area contributed by atoms with Gasteiger partial charge in [0.05, 0.1) is 22.2 Å². The molecule has 1 unspecified atom stereocenters. The van der Waals surface area contributed by atoms with Crippen LogP contribution in [0.5, 0.6) is 0 Å². The number of hydrogen-bond acceptors (Lipinski definition) is 12. The molecule has 8 saturated carbocycles. The van der Waals surface area contributed by atoms with Crippen LogP contribution in [0.4, 0.5) is 35.1 Å². The van der Waals surface area contributed by atoms with Gasteiger partial charge in [0.25, 0.3) is 0 Å². The molecule has 8 bridgehead atoms. The van der Waals surface area contributed by atoms with Crippen LogP contribution in [0.1, 0.15) is 137 Å². The van der Waals surface area contributed by atoms with Crippen molar-refractivity contribution < 1.29 is 92.3 Å². The number of ether oxygens (including phenoxy) is 6. The summed E-state index contributed by atoms with van der Waals surface area (Å²) in [6, 6.07) is 0. The summed E-state index contributed by atoms with van der Waals surface area (Å²) < 4.78 is 140. The Bertz CT molecular complexity index is 1700. The molecule has 8 aliphatic rings. The van der Waals surface area contributed by atoms with E-state index in [1.165, 1.54) is 0 Å². The first-order chi connectivity index (χ1) is 30.0. The highest BCUT2D eigenvalue weighted by molar-refractivity contribution is 5.80. The highest BCUT2D eigenvalue weighted by Gasteiger charge is 2.61. The van der Waals surface area contributed by atoms with Gasteiger partial charge in [-0.3, -0.25) is 19.2 Å². The van der Waals surface area contributed by atoms with Gasteiger partial charge < -0.3 is 28.4 Å². The maximum atomic E-state index is 14.3. The summed E-state index contributed by atoms with van der Waals surface area (Å²) >= 11 is 0. The van der Waals surface area contributed by atoms with Crippen molar-refractivity contribution in [3.05, 3.63) is 0 Å². The van der Waals surface area contributed by atoms with Crippen LogP contribution in [0, 0.1) is 57.7 Å². The van der Waals surface area contributed by atoms with Crippen LogP contribution in [0.25, 0.3) is 0 Å². The van der Waals surface area contributed by atoms with E-state index in [2.05, 4.69) is 18.9 Å². The molecule has 8 fully saturated rings. The van der Waals surface area contributed by atoms with Gasteiger partial charge in [0, 0.05) is 0 Å². The number of esters is 6. The lowest BCUT2D eigenvalue weighted by Gasteiger charge is -2.55. The Balaban J connectivity index is 0.000000244. The van der Waals surface area contributed by atoms with Gasteiger partial charge in [-0.25, -0.2) is 9.59 Å². The summed E-state index contributed by atoms with van der Waals surface area (Å²) in [5.41, 5.74) is -2.87. The minimum absolute atomic E-state index is 0.283. The summed E-state index contributed by atoms with van der Waals surface area (Å²) in [6.45, 7) is 6.01. The fraction of sp³-hybridized carbons (Fsp3) is 0.867. The Morgan fingerprint density at radius 3 is 1.09 bits per heavy atom. The van der Waals surface area contributed by atoms with E-state index < -0.39 is 121 Å². The fourth-order valence-electron chi connectivity index (χ4n) is 11.3. The topological polar surface area (TPSA) is 158 Å². The lowest BCUT2D eigenvalue weighted by Crippen LogP contribution is -2.52. The van der Waals surface area contributed by atoms with Gasteiger partial charge in [0.15, 0.2) is 0 Å². The normalized spacial score (nSPS) is 29.5. The van der Waals surface area contributed by atoms with E-state index >= 15 is 0 Å². The Labute approximate surface area is 373 Å². The van der Waals surface area contributed by atoms with Crippen molar-refractivity contribution in [1.29, 1.82) is 0 Å². The summed E-state index contributed by atoms with van der Waals surface area (Å²) in [6.07, 6.45) is -4.18. The lowest BCUT2D eigenvalue weighted by atomic mass is 9.49. The number of hydrogen-bond donors (Lipinski definition) is 0. The maximum Gasteiger partial charge on any atom is 0.406 e. The Kier molecular flexibility index (Phi) is 15.9. The number of rotatable bonds is 20. The fourth-order valence-corrected chi connectivity index (χ4v) is 11.3. The van der Waals surface area contributed by atoms with Crippen molar-refractivity contribution in [3.63, 3.8) is 0 Å². The summed E-state index contributed by atoms with van der Waals surface area (Å²) in [7, 11) is 0. The van der Waals surface area contributed by atoms with Gasteiger partial charge in [0.1, 0.15) is 39.3 Å². The van der Waals surface area contributed by atoms with Crippen molar-refractivity contribution in [3.8, 4) is 0 Å². The minimum atomic E-state index is -4.59. The average molecular weight is 947 g/mol. The molecular weight excluding hydrogens is 884 g/mol. The first kappa shape index (κ1) is 52.2.